The third-order valence-corrected chi connectivity index (χ3v) is 5.80. The third-order valence-electron chi connectivity index (χ3n) is 5.80. The maximum atomic E-state index is 12.6. The number of benzene rings is 1. The summed E-state index contributed by atoms with van der Waals surface area (Å²) in [7, 11) is 0. The number of piperidine rings is 1. The number of nitrogens with one attached hydrogen (secondary N) is 2. The fourth-order valence-electron chi connectivity index (χ4n) is 4.15. The van der Waals surface area contributed by atoms with E-state index in [4.69, 9.17) is 4.98 Å². The van der Waals surface area contributed by atoms with Crippen LogP contribution in [0, 0.1) is 0 Å². The minimum absolute atomic E-state index is 0.0366. The normalized spacial score (nSPS) is 16.0. The van der Waals surface area contributed by atoms with Crippen molar-refractivity contribution in [1.82, 2.24) is 20.2 Å². The van der Waals surface area contributed by atoms with Crippen LogP contribution in [0.15, 0.2) is 54.7 Å². The van der Waals surface area contributed by atoms with E-state index in [1.807, 2.05) is 22.9 Å². The van der Waals surface area contributed by atoms with Gasteiger partial charge in [0.1, 0.15) is 12.4 Å². The molecule has 29 heavy (non-hydrogen) atoms. The summed E-state index contributed by atoms with van der Waals surface area (Å²) in [5.41, 5.74) is 3.59. The van der Waals surface area contributed by atoms with Gasteiger partial charge in [-0.2, -0.15) is 0 Å². The van der Waals surface area contributed by atoms with E-state index in [0.717, 1.165) is 55.9 Å². The number of carbonyl (C=O) groups excluding carboxylic acids is 1. The molecule has 4 rings (SSSR count). The fraction of sp³-hybridized carbons (Fsp3) is 0.417. The van der Waals surface area contributed by atoms with E-state index in [-0.39, 0.29) is 11.9 Å². The molecule has 0 unspecified atom stereocenters. The van der Waals surface area contributed by atoms with Crippen molar-refractivity contribution in [2.75, 3.05) is 13.1 Å². The molecule has 1 amide bonds. The molecule has 5 nitrogen and oxygen atoms in total. The summed E-state index contributed by atoms with van der Waals surface area (Å²) in [6.45, 7) is 4.48. The van der Waals surface area contributed by atoms with E-state index in [2.05, 4.69) is 54.0 Å². The molecule has 0 saturated carbocycles. The van der Waals surface area contributed by atoms with E-state index in [0.29, 0.717) is 12.5 Å². The standard InChI is InChI=1S/C24H30N4O/c1-18(9-10-19-6-3-2-4-7-19)26-23(29)17-28-15-5-8-21-16-22(27-24(21)28)20-11-13-25-14-12-20/h2-8,15-16,18,20,25H,9-14,17H2,1H3,(H,26,29)/t18-/m1/s1. The molecular formula is C24H30N4O. The molecule has 1 saturated heterocycles. The highest BCUT2D eigenvalue weighted by atomic mass is 16.2. The lowest BCUT2D eigenvalue weighted by atomic mass is 9.95. The molecule has 0 aromatic heterocycles. The van der Waals surface area contributed by atoms with Crippen LogP contribution in [0.1, 0.15) is 43.4 Å². The first kappa shape index (κ1) is 19.6. The molecule has 1 fully saturated rings. The Kier molecular flexibility index (Phi) is 6.25. The SMILES string of the molecule is C[C@H](CCc1ccccc1)NC(=O)Cn1cccc2cc(C3CCNCC3)nc1-2. The largest absolute Gasteiger partial charge is 0.352 e. The van der Waals surface area contributed by atoms with Gasteiger partial charge >= 0.3 is 0 Å². The molecule has 3 aliphatic heterocycles. The van der Waals surface area contributed by atoms with E-state index in [9.17, 15) is 4.79 Å². The predicted octanol–water partition coefficient (Wildman–Crippen LogP) is 3.59. The summed E-state index contributed by atoms with van der Waals surface area (Å²) in [5.74, 6) is 1.46. The molecular weight excluding hydrogens is 360 g/mol. The Morgan fingerprint density at radius 3 is 2.79 bits per heavy atom. The number of aryl methyl sites for hydroxylation is 1. The second-order valence-corrected chi connectivity index (χ2v) is 8.11. The van der Waals surface area contributed by atoms with E-state index in [1.54, 1.807) is 0 Å². The lowest BCUT2D eigenvalue weighted by Crippen LogP contribution is -2.35. The molecule has 0 spiro atoms. The monoisotopic (exact) mass is 390 g/mol. The predicted molar refractivity (Wildman–Crippen MR) is 116 cm³/mol. The molecule has 152 valence electrons. The Morgan fingerprint density at radius 2 is 2.00 bits per heavy atom. The van der Waals surface area contributed by atoms with Gasteiger partial charge in [0.05, 0.1) is 0 Å². The summed E-state index contributed by atoms with van der Waals surface area (Å²) in [5, 5.41) is 6.55. The molecule has 0 aliphatic carbocycles. The highest BCUT2D eigenvalue weighted by molar-refractivity contribution is 5.77. The number of hydrogen-bond donors (Lipinski definition) is 2. The average molecular weight is 391 g/mol. The summed E-state index contributed by atoms with van der Waals surface area (Å²) >= 11 is 0. The number of pyridine rings is 1. The lowest BCUT2D eigenvalue weighted by molar-refractivity contribution is -0.122. The van der Waals surface area contributed by atoms with Crippen molar-refractivity contribution in [3.05, 3.63) is 66.0 Å². The van der Waals surface area contributed by atoms with Crippen LogP contribution in [0.2, 0.25) is 0 Å². The van der Waals surface area contributed by atoms with E-state index >= 15 is 0 Å². The van der Waals surface area contributed by atoms with Crippen LogP contribution in [0.25, 0.3) is 11.4 Å². The molecule has 1 atom stereocenters. The molecule has 1 aromatic rings. The Bertz CT molecular complexity index is 898. The van der Waals surface area contributed by atoms with Crippen molar-refractivity contribution >= 4 is 5.91 Å². The smallest absolute Gasteiger partial charge is 0.240 e. The molecule has 0 bridgehead atoms. The molecule has 2 N–H and O–H groups in total. The van der Waals surface area contributed by atoms with Gasteiger partial charge < -0.3 is 15.2 Å². The van der Waals surface area contributed by atoms with Crippen LogP contribution in [0.5, 0.6) is 0 Å². The van der Waals surface area contributed by atoms with Crippen LogP contribution in [-0.2, 0) is 17.8 Å². The molecule has 3 heterocycles. The van der Waals surface area contributed by atoms with Crippen molar-refractivity contribution in [3.8, 4) is 11.4 Å². The second-order valence-electron chi connectivity index (χ2n) is 8.11. The van der Waals surface area contributed by atoms with Crippen LogP contribution >= 0.6 is 0 Å². The summed E-state index contributed by atoms with van der Waals surface area (Å²) < 4.78 is 1.97. The highest BCUT2D eigenvalue weighted by Crippen LogP contribution is 2.30. The Labute approximate surface area is 172 Å². The van der Waals surface area contributed by atoms with Crippen LogP contribution < -0.4 is 10.6 Å². The molecule has 3 aliphatic rings. The summed E-state index contributed by atoms with van der Waals surface area (Å²) in [4.78, 5) is 17.5. The first-order chi connectivity index (χ1) is 14.2. The Morgan fingerprint density at radius 1 is 1.21 bits per heavy atom. The maximum absolute atomic E-state index is 12.6. The minimum atomic E-state index is 0.0366. The molecule has 0 radical (unpaired) electrons. The fourth-order valence-corrected chi connectivity index (χ4v) is 4.15. The quantitative estimate of drug-likeness (QED) is 0.648. The Hall–Kier alpha value is -2.66. The number of carbonyl (C=O) groups is 1. The average Bonchev–Trinajstić information content (AvgIpc) is 3.19. The molecule has 1 aromatic carbocycles. The first-order valence-electron chi connectivity index (χ1n) is 10.7. The van der Waals surface area contributed by atoms with Crippen LogP contribution in [0.3, 0.4) is 0 Å². The van der Waals surface area contributed by atoms with Gasteiger partial charge in [-0.25, -0.2) is 4.98 Å². The number of nitrogens with zero attached hydrogens (tertiary/aromatic N) is 2. The van der Waals surface area contributed by atoms with Gasteiger partial charge in [-0.3, -0.25) is 4.79 Å². The maximum Gasteiger partial charge on any atom is 0.240 e. The van der Waals surface area contributed by atoms with Crippen molar-refractivity contribution < 1.29 is 4.79 Å². The van der Waals surface area contributed by atoms with Crippen molar-refractivity contribution in [2.24, 2.45) is 0 Å². The number of aromatic nitrogens is 2. The Balaban J connectivity index is 1.37. The zero-order valence-corrected chi connectivity index (χ0v) is 17.1. The lowest BCUT2D eigenvalue weighted by Gasteiger charge is -2.20. The van der Waals surface area contributed by atoms with E-state index < -0.39 is 0 Å². The van der Waals surface area contributed by atoms with Gasteiger partial charge in [-0.15, -0.1) is 0 Å². The zero-order valence-electron chi connectivity index (χ0n) is 17.1. The minimum Gasteiger partial charge on any atom is -0.352 e. The number of hydrogen-bond acceptors (Lipinski definition) is 3. The van der Waals surface area contributed by atoms with Gasteiger partial charge in [-0.1, -0.05) is 30.3 Å². The number of fused-ring (bicyclic) bond motifs is 1. The van der Waals surface area contributed by atoms with Gasteiger partial charge in [0.2, 0.25) is 5.91 Å². The summed E-state index contributed by atoms with van der Waals surface area (Å²) in [6, 6.07) is 16.8. The summed E-state index contributed by atoms with van der Waals surface area (Å²) in [6.07, 6.45) is 6.11. The van der Waals surface area contributed by atoms with Gasteiger partial charge in [0.15, 0.2) is 0 Å². The number of amides is 1. The van der Waals surface area contributed by atoms with Crippen LogP contribution in [-0.4, -0.2) is 34.6 Å². The zero-order chi connectivity index (χ0) is 20.1. The van der Waals surface area contributed by atoms with Crippen molar-refractivity contribution in [2.45, 2.75) is 51.1 Å². The van der Waals surface area contributed by atoms with Crippen LogP contribution in [0.4, 0.5) is 0 Å². The second kappa shape index (κ2) is 9.23. The third kappa shape index (κ3) is 5.04. The van der Waals surface area contributed by atoms with Gasteiger partial charge in [0, 0.05) is 29.4 Å². The highest BCUT2D eigenvalue weighted by Gasteiger charge is 2.21. The van der Waals surface area contributed by atoms with E-state index in [1.165, 1.54) is 5.56 Å². The number of rotatable bonds is 7. The van der Waals surface area contributed by atoms with Gasteiger partial charge in [-0.05, 0) is 69.5 Å². The van der Waals surface area contributed by atoms with Crippen molar-refractivity contribution in [1.29, 1.82) is 0 Å². The molecule has 5 heteroatoms. The topological polar surface area (TPSA) is 59.0 Å². The van der Waals surface area contributed by atoms with Crippen molar-refractivity contribution in [3.63, 3.8) is 0 Å². The van der Waals surface area contributed by atoms with Gasteiger partial charge in [0.25, 0.3) is 0 Å². The first-order valence-corrected chi connectivity index (χ1v) is 10.7.